The minimum absolute atomic E-state index is 0.0732. The van der Waals surface area contributed by atoms with Crippen molar-refractivity contribution >= 4 is 17.7 Å². The summed E-state index contributed by atoms with van der Waals surface area (Å²) >= 11 is 5.86. The van der Waals surface area contributed by atoms with E-state index in [-0.39, 0.29) is 6.10 Å². The topological polar surface area (TPSA) is 49.8 Å². The maximum Gasteiger partial charge on any atom is 0.407 e. The summed E-state index contributed by atoms with van der Waals surface area (Å²) in [5.41, 5.74) is 0. The zero-order chi connectivity index (χ0) is 12.3. The molecule has 1 aliphatic rings. The largest absolute Gasteiger partial charge is 0.490 e. The third kappa shape index (κ3) is 3.27. The summed E-state index contributed by atoms with van der Waals surface area (Å²) in [6.45, 7) is 1.06. The van der Waals surface area contributed by atoms with E-state index in [1.165, 1.54) is 4.90 Å². The van der Waals surface area contributed by atoms with Crippen molar-refractivity contribution in [1.82, 2.24) is 4.90 Å². The number of nitrogens with zero attached hydrogens (tertiary/aromatic N) is 1. The van der Waals surface area contributed by atoms with E-state index in [0.717, 1.165) is 18.6 Å². The number of rotatable bonds is 2. The smallest absolute Gasteiger partial charge is 0.407 e. The van der Waals surface area contributed by atoms with E-state index in [9.17, 15) is 4.79 Å². The van der Waals surface area contributed by atoms with Gasteiger partial charge in [0.15, 0.2) is 0 Å². The first-order valence-corrected chi connectivity index (χ1v) is 5.93. The predicted octanol–water partition coefficient (Wildman–Crippen LogP) is 2.86. The number of carboxylic acid groups (broad SMARTS) is 1. The van der Waals surface area contributed by atoms with Crippen LogP contribution in [0.25, 0.3) is 0 Å². The van der Waals surface area contributed by atoms with Gasteiger partial charge in [-0.2, -0.15) is 0 Å². The molecule has 1 aromatic carbocycles. The van der Waals surface area contributed by atoms with E-state index in [4.69, 9.17) is 21.4 Å². The molecular formula is C12H14ClNO3. The number of amides is 1. The number of halogens is 1. The van der Waals surface area contributed by atoms with Crippen molar-refractivity contribution in [3.05, 3.63) is 29.3 Å². The summed E-state index contributed by atoms with van der Waals surface area (Å²) in [5, 5.41) is 9.46. The Bertz CT molecular complexity index is 402. The number of piperidine rings is 1. The third-order valence-electron chi connectivity index (χ3n) is 2.81. The van der Waals surface area contributed by atoms with Crippen LogP contribution in [0.5, 0.6) is 5.75 Å². The maximum absolute atomic E-state index is 10.7. The highest BCUT2D eigenvalue weighted by atomic mass is 35.5. The molecule has 0 saturated carbocycles. The summed E-state index contributed by atoms with van der Waals surface area (Å²) in [6.07, 6.45) is 0.660. The number of hydrogen-bond donors (Lipinski definition) is 1. The minimum Gasteiger partial charge on any atom is -0.490 e. The normalized spacial score (nSPS) is 16.9. The standard InChI is InChI=1S/C12H14ClNO3/c13-9-2-1-3-11(8-9)17-10-4-6-14(7-5-10)12(15)16/h1-3,8,10H,4-7H2,(H,15,16). The lowest BCUT2D eigenvalue weighted by atomic mass is 10.1. The number of hydrogen-bond acceptors (Lipinski definition) is 2. The van der Waals surface area contributed by atoms with E-state index >= 15 is 0 Å². The SMILES string of the molecule is O=C(O)N1CCC(Oc2cccc(Cl)c2)CC1. The van der Waals surface area contributed by atoms with Gasteiger partial charge in [-0.05, 0) is 18.2 Å². The minimum atomic E-state index is -0.855. The molecule has 4 nitrogen and oxygen atoms in total. The van der Waals surface area contributed by atoms with Crippen molar-refractivity contribution in [2.75, 3.05) is 13.1 Å². The Morgan fingerprint density at radius 2 is 2.12 bits per heavy atom. The van der Waals surface area contributed by atoms with Crippen LogP contribution in [0.2, 0.25) is 5.02 Å². The lowest BCUT2D eigenvalue weighted by Gasteiger charge is -2.30. The Morgan fingerprint density at radius 1 is 1.41 bits per heavy atom. The number of carbonyl (C=O) groups is 1. The Labute approximate surface area is 105 Å². The molecule has 92 valence electrons. The number of ether oxygens (including phenoxy) is 1. The average Bonchev–Trinajstić information content (AvgIpc) is 2.29. The molecule has 0 atom stereocenters. The second-order valence-corrected chi connectivity index (χ2v) is 4.48. The highest BCUT2D eigenvalue weighted by Crippen LogP contribution is 2.22. The zero-order valence-corrected chi connectivity index (χ0v) is 10.1. The molecule has 0 bridgehead atoms. The quantitative estimate of drug-likeness (QED) is 0.884. The molecule has 0 aromatic heterocycles. The molecule has 1 saturated heterocycles. The molecular weight excluding hydrogens is 242 g/mol. The van der Waals surface area contributed by atoms with Crippen LogP contribution in [0.1, 0.15) is 12.8 Å². The molecule has 0 aliphatic carbocycles. The van der Waals surface area contributed by atoms with E-state index in [1.54, 1.807) is 12.1 Å². The fourth-order valence-corrected chi connectivity index (χ4v) is 2.08. The van der Waals surface area contributed by atoms with Crippen LogP contribution in [0.3, 0.4) is 0 Å². The fraction of sp³-hybridized carbons (Fsp3) is 0.417. The molecule has 0 radical (unpaired) electrons. The molecule has 1 amide bonds. The molecule has 1 aromatic rings. The summed E-state index contributed by atoms with van der Waals surface area (Å²) < 4.78 is 5.76. The fourth-order valence-electron chi connectivity index (χ4n) is 1.90. The van der Waals surface area contributed by atoms with Crippen LogP contribution in [0.4, 0.5) is 4.79 Å². The van der Waals surface area contributed by atoms with Crippen molar-refractivity contribution in [3.63, 3.8) is 0 Å². The summed E-state index contributed by atoms with van der Waals surface area (Å²) in [7, 11) is 0. The van der Waals surface area contributed by atoms with Crippen LogP contribution in [-0.4, -0.2) is 35.3 Å². The first-order valence-electron chi connectivity index (χ1n) is 5.55. The van der Waals surface area contributed by atoms with Crippen LogP contribution in [0.15, 0.2) is 24.3 Å². The summed E-state index contributed by atoms with van der Waals surface area (Å²) in [4.78, 5) is 12.1. The molecule has 1 aliphatic heterocycles. The predicted molar refractivity (Wildman–Crippen MR) is 64.7 cm³/mol. The van der Waals surface area contributed by atoms with Crippen LogP contribution >= 0.6 is 11.6 Å². The highest BCUT2D eigenvalue weighted by Gasteiger charge is 2.23. The lowest BCUT2D eigenvalue weighted by molar-refractivity contribution is 0.0895. The molecule has 17 heavy (non-hydrogen) atoms. The number of benzene rings is 1. The van der Waals surface area contributed by atoms with Gasteiger partial charge in [-0.15, -0.1) is 0 Å². The van der Waals surface area contributed by atoms with Crippen LogP contribution in [-0.2, 0) is 0 Å². The van der Waals surface area contributed by atoms with Gasteiger partial charge < -0.3 is 14.7 Å². The van der Waals surface area contributed by atoms with Crippen molar-refractivity contribution < 1.29 is 14.6 Å². The first-order chi connectivity index (χ1) is 8.15. The second kappa shape index (κ2) is 5.27. The molecule has 0 spiro atoms. The maximum atomic E-state index is 10.7. The summed E-state index contributed by atoms with van der Waals surface area (Å²) in [6, 6.07) is 7.26. The van der Waals surface area contributed by atoms with E-state index in [2.05, 4.69) is 0 Å². The van der Waals surface area contributed by atoms with Gasteiger partial charge in [-0.1, -0.05) is 17.7 Å². The monoisotopic (exact) mass is 255 g/mol. The molecule has 2 rings (SSSR count). The van der Waals surface area contributed by atoms with E-state index in [0.29, 0.717) is 18.1 Å². The van der Waals surface area contributed by atoms with Gasteiger partial charge in [-0.3, -0.25) is 0 Å². The highest BCUT2D eigenvalue weighted by molar-refractivity contribution is 6.30. The van der Waals surface area contributed by atoms with Gasteiger partial charge in [0, 0.05) is 31.0 Å². The van der Waals surface area contributed by atoms with Gasteiger partial charge in [0.05, 0.1) is 0 Å². The third-order valence-corrected chi connectivity index (χ3v) is 3.05. The van der Waals surface area contributed by atoms with Crippen LogP contribution in [0, 0.1) is 0 Å². The first kappa shape index (κ1) is 12.0. The Kier molecular flexibility index (Phi) is 3.74. The van der Waals surface area contributed by atoms with Crippen molar-refractivity contribution in [1.29, 1.82) is 0 Å². The number of likely N-dealkylation sites (tertiary alicyclic amines) is 1. The summed E-state index contributed by atoms with van der Waals surface area (Å²) in [5.74, 6) is 0.742. The lowest BCUT2D eigenvalue weighted by Crippen LogP contribution is -2.41. The second-order valence-electron chi connectivity index (χ2n) is 4.04. The molecule has 1 heterocycles. The van der Waals surface area contributed by atoms with Gasteiger partial charge in [0.25, 0.3) is 0 Å². The average molecular weight is 256 g/mol. The Morgan fingerprint density at radius 3 is 2.71 bits per heavy atom. The van der Waals surface area contributed by atoms with Gasteiger partial charge in [0.2, 0.25) is 0 Å². The van der Waals surface area contributed by atoms with Crippen molar-refractivity contribution in [2.45, 2.75) is 18.9 Å². The van der Waals surface area contributed by atoms with Gasteiger partial charge in [0.1, 0.15) is 11.9 Å². The van der Waals surface area contributed by atoms with Crippen molar-refractivity contribution in [3.8, 4) is 5.75 Å². The zero-order valence-electron chi connectivity index (χ0n) is 9.30. The van der Waals surface area contributed by atoms with Gasteiger partial charge in [-0.25, -0.2) is 4.79 Å². The van der Waals surface area contributed by atoms with Crippen molar-refractivity contribution in [2.24, 2.45) is 0 Å². The Balaban J connectivity index is 1.88. The Hall–Kier alpha value is -1.42. The molecule has 0 unspecified atom stereocenters. The van der Waals surface area contributed by atoms with Gasteiger partial charge >= 0.3 is 6.09 Å². The molecule has 5 heteroatoms. The van der Waals surface area contributed by atoms with E-state index in [1.807, 2.05) is 12.1 Å². The molecule has 1 N–H and O–H groups in total. The van der Waals surface area contributed by atoms with Crippen LogP contribution < -0.4 is 4.74 Å². The van der Waals surface area contributed by atoms with E-state index < -0.39 is 6.09 Å². The molecule has 1 fully saturated rings.